The van der Waals surface area contributed by atoms with Crippen LogP contribution in [0.5, 0.6) is 0 Å². The molecule has 0 bridgehead atoms. The Morgan fingerprint density at radius 1 is 0.593 bits per heavy atom. The Kier molecular flexibility index (Phi) is 16.4. The molecular weight excluding hydrogens is 340 g/mol. The van der Waals surface area contributed by atoms with Crippen LogP contribution in [0.3, 0.4) is 0 Å². The number of aryl methyl sites for hydroxylation is 1. The van der Waals surface area contributed by atoms with E-state index in [0.29, 0.717) is 33.0 Å². The molecule has 0 amide bonds. The van der Waals surface area contributed by atoms with Gasteiger partial charge in [0.15, 0.2) is 0 Å². The summed E-state index contributed by atoms with van der Waals surface area (Å²) in [5, 5.41) is 8.57. The van der Waals surface area contributed by atoms with Crippen LogP contribution in [0.15, 0.2) is 24.3 Å². The third kappa shape index (κ3) is 14.7. The van der Waals surface area contributed by atoms with E-state index in [1.165, 1.54) is 62.5 Å². The van der Waals surface area contributed by atoms with Crippen molar-refractivity contribution < 1.29 is 19.3 Å². The molecule has 1 aromatic carbocycles. The fourth-order valence-electron chi connectivity index (χ4n) is 2.96. The molecule has 0 spiro atoms. The topological polar surface area (TPSA) is 47.9 Å². The lowest BCUT2D eigenvalue weighted by Gasteiger charge is -2.07. The first-order valence-corrected chi connectivity index (χ1v) is 10.8. The van der Waals surface area contributed by atoms with E-state index >= 15 is 0 Å². The van der Waals surface area contributed by atoms with Crippen LogP contribution in [0, 0.1) is 0 Å². The molecule has 0 fully saturated rings. The van der Waals surface area contributed by atoms with Crippen LogP contribution in [0.4, 0.5) is 0 Å². The maximum atomic E-state index is 8.57. The van der Waals surface area contributed by atoms with E-state index in [1.807, 2.05) is 0 Å². The molecule has 0 atom stereocenters. The fraction of sp³-hybridized carbons (Fsp3) is 0.739. The predicted molar refractivity (Wildman–Crippen MR) is 111 cm³/mol. The van der Waals surface area contributed by atoms with Gasteiger partial charge in [0.1, 0.15) is 0 Å². The summed E-state index contributed by atoms with van der Waals surface area (Å²) >= 11 is 0. The van der Waals surface area contributed by atoms with Crippen molar-refractivity contribution in [2.24, 2.45) is 0 Å². The number of aliphatic hydroxyl groups excluding tert-OH is 1. The molecule has 0 heterocycles. The molecule has 0 aliphatic rings. The van der Waals surface area contributed by atoms with Gasteiger partial charge in [-0.15, -0.1) is 0 Å². The Bertz CT molecular complexity index is 419. The largest absolute Gasteiger partial charge is 0.394 e. The number of aliphatic hydroxyl groups is 1. The number of hydrogen-bond donors (Lipinski definition) is 1. The zero-order valence-electron chi connectivity index (χ0n) is 17.3. The van der Waals surface area contributed by atoms with Crippen molar-refractivity contribution in [2.45, 2.75) is 64.7 Å². The number of benzene rings is 1. The molecule has 0 aliphatic heterocycles. The molecule has 1 aromatic rings. The first-order valence-electron chi connectivity index (χ1n) is 10.8. The molecule has 0 saturated carbocycles. The zero-order valence-corrected chi connectivity index (χ0v) is 17.3. The molecule has 27 heavy (non-hydrogen) atoms. The maximum absolute atomic E-state index is 8.57. The van der Waals surface area contributed by atoms with Crippen molar-refractivity contribution in [3.63, 3.8) is 0 Å². The van der Waals surface area contributed by atoms with Gasteiger partial charge in [-0.25, -0.2) is 0 Å². The summed E-state index contributed by atoms with van der Waals surface area (Å²) in [6.07, 6.45) is 11.7. The third-order valence-corrected chi connectivity index (χ3v) is 4.61. The van der Waals surface area contributed by atoms with E-state index < -0.39 is 0 Å². The highest BCUT2D eigenvalue weighted by Crippen LogP contribution is 2.12. The van der Waals surface area contributed by atoms with Crippen LogP contribution in [0.2, 0.25) is 0 Å². The Hall–Kier alpha value is -0.940. The average molecular weight is 381 g/mol. The molecule has 0 saturated heterocycles. The van der Waals surface area contributed by atoms with Gasteiger partial charge >= 0.3 is 0 Å². The number of ether oxygens (including phenoxy) is 3. The minimum absolute atomic E-state index is 0.0587. The van der Waals surface area contributed by atoms with Crippen molar-refractivity contribution in [2.75, 3.05) is 46.2 Å². The summed E-state index contributed by atoms with van der Waals surface area (Å²) in [6.45, 7) is 5.68. The van der Waals surface area contributed by atoms with Gasteiger partial charge in [0.05, 0.1) is 46.2 Å². The van der Waals surface area contributed by atoms with E-state index in [4.69, 9.17) is 19.3 Å². The molecule has 0 unspecified atom stereocenters. The van der Waals surface area contributed by atoms with E-state index in [-0.39, 0.29) is 6.61 Å². The minimum Gasteiger partial charge on any atom is -0.394 e. The Morgan fingerprint density at radius 2 is 1.07 bits per heavy atom. The lowest BCUT2D eigenvalue weighted by atomic mass is 10.0. The Balaban J connectivity index is 1.95. The van der Waals surface area contributed by atoms with Gasteiger partial charge in [-0.2, -0.15) is 0 Å². The van der Waals surface area contributed by atoms with Crippen molar-refractivity contribution in [3.05, 3.63) is 35.4 Å². The maximum Gasteiger partial charge on any atom is 0.0701 e. The summed E-state index contributed by atoms with van der Waals surface area (Å²) in [5.41, 5.74) is 2.78. The lowest BCUT2D eigenvalue weighted by molar-refractivity contribution is 0.00817. The zero-order chi connectivity index (χ0) is 19.4. The normalized spacial score (nSPS) is 11.2. The predicted octanol–water partition coefficient (Wildman–Crippen LogP) is 4.56. The summed E-state index contributed by atoms with van der Waals surface area (Å²) in [4.78, 5) is 0. The van der Waals surface area contributed by atoms with E-state index in [9.17, 15) is 0 Å². The van der Waals surface area contributed by atoms with Gasteiger partial charge in [0, 0.05) is 0 Å². The number of unbranched alkanes of at least 4 members (excludes halogenated alkanes) is 6. The molecule has 0 aromatic heterocycles. The van der Waals surface area contributed by atoms with Crippen molar-refractivity contribution in [3.8, 4) is 0 Å². The minimum atomic E-state index is 0.0587. The highest BCUT2D eigenvalue weighted by Gasteiger charge is 1.98. The van der Waals surface area contributed by atoms with E-state index in [0.717, 1.165) is 13.0 Å². The highest BCUT2D eigenvalue weighted by atomic mass is 16.5. The molecule has 1 rings (SSSR count). The lowest BCUT2D eigenvalue weighted by Crippen LogP contribution is -2.11. The van der Waals surface area contributed by atoms with Crippen molar-refractivity contribution in [1.82, 2.24) is 0 Å². The van der Waals surface area contributed by atoms with Gasteiger partial charge in [-0.05, 0) is 30.4 Å². The highest BCUT2D eigenvalue weighted by molar-refractivity contribution is 5.22. The van der Waals surface area contributed by atoms with Gasteiger partial charge in [0.2, 0.25) is 0 Å². The number of hydrogen-bond acceptors (Lipinski definition) is 4. The van der Waals surface area contributed by atoms with Crippen LogP contribution >= 0.6 is 0 Å². The number of rotatable bonds is 19. The molecule has 1 N–H and O–H groups in total. The first kappa shape index (κ1) is 24.1. The monoisotopic (exact) mass is 380 g/mol. The standard InChI is InChI=1S/C23H40O4/c1-2-3-4-5-6-7-8-9-22-10-12-23(13-11-22)14-16-25-18-20-27-21-19-26-17-15-24/h10-13,24H,2-9,14-21H2,1H3. The third-order valence-electron chi connectivity index (χ3n) is 4.61. The van der Waals surface area contributed by atoms with Crippen LogP contribution in [0.25, 0.3) is 0 Å². The molecule has 0 aliphatic carbocycles. The average Bonchev–Trinajstić information content (AvgIpc) is 2.70. The second kappa shape index (κ2) is 18.4. The molecule has 156 valence electrons. The molecule has 4 nitrogen and oxygen atoms in total. The second-order valence-corrected chi connectivity index (χ2v) is 7.00. The van der Waals surface area contributed by atoms with Crippen LogP contribution in [0.1, 0.15) is 63.0 Å². The van der Waals surface area contributed by atoms with Crippen LogP contribution < -0.4 is 0 Å². The Labute approximate surface area is 166 Å². The quantitative estimate of drug-likeness (QED) is 0.357. The van der Waals surface area contributed by atoms with Gasteiger partial charge in [-0.1, -0.05) is 69.7 Å². The van der Waals surface area contributed by atoms with Crippen molar-refractivity contribution in [1.29, 1.82) is 0 Å². The molecule has 4 heteroatoms. The van der Waals surface area contributed by atoms with Gasteiger partial charge in [-0.3, -0.25) is 0 Å². The van der Waals surface area contributed by atoms with Crippen LogP contribution in [-0.2, 0) is 27.1 Å². The SMILES string of the molecule is CCCCCCCCCc1ccc(CCOCCOCCOCCO)cc1. The molecule has 0 radical (unpaired) electrons. The Morgan fingerprint density at radius 3 is 1.67 bits per heavy atom. The summed E-state index contributed by atoms with van der Waals surface area (Å²) in [6, 6.07) is 8.99. The second-order valence-electron chi connectivity index (χ2n) is 7.00. The van der Waals surface area contributed by atoms with Gasteiger partial charge < -0.3 is 19.3 Å². The fourth-order valence-corrected chi connectivity index (χ4v) is 2.96. The summed E-state index contributed by atoms with van der Waals surface area (Å²) < 4.78 is 16.1. The van der Waals surface area contributed by atoms with Crippen LogP contribution in [-0.4, -0.2) is 51.4 Å². The molecular formula is C23H40O4. The first-order chi connectivity index (χ1) is 13.4. The smallest absolute Gasteiger partial charge is 0.0701 e. The van der Waals surface area contributed by atoms with Crippen molar-refractivity contribution >= 4 is 0 Å². The van der Waals surface area contributed by atoms with E-state index in [1.54, 1.807) is 0 Å². The van der Waals surface area contributed by atoms with Gasteiger partial charge in [0.25, 0.3) is 0 Å². The summed E-state index contributed by atoms with van der Waals surface area (Å²) in [7, 11) is 0. The summed E-state index contributed by atoms with van der Waals surface area (Å²) in [5.74, 6) is 0. The van der Waals surface area contributed by atoms with E-state index in [2.05, 4.69) is 31.2 Å².